The van der Waals surface area contributed by atoms with Gasteiger partial charge in [-0.25, -0.2) is 4.99 Å². The molecule has 0 aliphatic carbocycles. The summed E-state index contributed by atoms with van der Waals surface area (Å²) in [5, 5.41) is 0.501. The van der Waals surface area contributed by atoms with Gasteiger partial charge in [0.15, 0.2) is 0 Å². The smallest absolute Gasteiger partial charge is 0.133 e. The van der Waals surface area contributed by atoms with Gasteiger partial charge in [0.25, 0.3) is 0 Å². The molecule has 0 aromatic rings. The van der Waals surface area contributed by atoms with Gasteiger partial charge in [-0.15, -0.1) is 0 Å². The Morgan fingerprint density at radius 1 is 1.70 bits per heavy atom. The summed E-state index contributed by atoms with van der Waals surface area (Å²) in [6.07, 6.45) is 1.73. The number of likely N-dealkylation sites (N-methyl/N-ethyl adjacent to an activating group) is 1. The van der Waals surface area contributed by atoms with Crippen molar-refractivity contribution in [3.8, 4) is 0 Å². The zero-order chi connectivity index (χ0) is 7.72. The standard InChI is InChI=1S/C7H9ClN2/c1-5-4-7(8)9-6(2)10(5)3/h4H,1H2,2-3H3. The molecular weight excluding hydrogens is 148 g/mol. The summed E-state index contributed by atoms with van der Waals surface area (Å²) in [6.45, 7) is 5.67. The van der Waals surface area contributed by atoms with Crippen LogP contribution in [0, 0.1) is 0 Å². The van der Waals surface area contributed by atoms with E-state index in [1.165, 1.54) is 0 Å². The second-order valence-electron chi connectivity index (χ2n) is 2.18. The van der Waals surface area contributed by atoms with Gasteiger partial charge < -0.3 is 4.90 Å². The first kappa shape index (κ1) is 7.35. The Morgan fingerprint density at radius 2 is 2.30 bits per heavy atom. The third-order valence-corrected chi connectivity index (χ3v) is 1.66. The zero-order valence-corrected chi connectivity index (χ0v) is 6.81. The monoisotopic (exact) mass is 156 g/mol. The van der Waals surface area contributed by atoms with E-state index in [0.29, 0.717) is 5.16 Å². The molecule has 0 fully saturated rings. The number of hydrogen-bond acceptors (Lipinski definition) is 2. The van der Waals surface area contributed by atoms with Crippen LogP contribution >= 0.6 is 11.6 Å². The lowest BCUT2D eigenvalue weighted by atomic mass is 10.3. The summed E-state index contributed by atoms with van der Waals surface area (Å²) < 4.78 is 0. The van der Waals surface area contributed by atoms with E-state index in [4.69, 9.17) is 11.6 Å². The summed E-state index contributed by atoms with van der Waals surface area (Å²) in [5.41, 5.74) is 0.873. The molecule has 0 aromatic carbocycles. The van der Waals surface area contributed by atoms with Crippen molar-refractivity contribution in [3.63, 3.8) is 0 Å². The van der Waals surface area contributed by atoms with Gasteiger partial charge in [-0.2, -0.15) is 0 Å². The van der Waals surface area contributed by atoms with Crippen LogP contribution in [0.4, 0.5) is 0 Å². The Balaban J connectivity index is 2.95. The largest absolute Gasteiger partial charge is 0.334 e. The highest BCUT2D eigenvalue weighted by Crippen LogP contribution is 2.16. The third-order valence-electron chi connectivity index (χ3n) is 1.47. The van der Waals surface area contributed by atoms with Gasteiger partial charge in [-0.3, -0.25) is 0 Å². The molecule has 0 aromatic heterocycles. The lowest BCUT2D eigenvalue weighted by molar-refractivity contribution is 0.637. The van der Waals surface area contributed by atoms with E-state index in [1.54, 1.807) is 6.08 Å². The van der Waals surface area contributed by atoms with Crippen LogP contribution in [0.2, 0.25) is 0 Å². The molecule has 1 heterocycles. The van der Waals surface area contributed by atoms with Crippen LogP contribution in [0.25, 0.3) is 0 Å². The van der Waals surface area contributed by atoms with Crippen molar-refractivity contribution in [1.29, 1.82) is 0 Å². The Hall–Kier alpha value is -0.760. The molecule has 1 aliphatic heterocycles. The number of rotatable bonds is 0. The van der Waals surface area contributed by atoms with E-state index in [1.807, 2.05) is 18.9 Å². The number of halogens is 1. The van der Waals surface area contributed by atoms with Crippen molar-refractivity contribution in [2.45, 2.75) is 6.92 Å². The molecule has 0 saturated carbocycles. The fourth-order valence-corrected chi connectivity index (χ4v) is 0.952. The van der Waals surface area contributed by atoms with Crippen LogP contribution in [0.5, 0.6) is 0 Å². The summed E-state index contributed by atoms with van der Waals surface area (Å²) in [4.78, 5) is 5.90. The van der Waals surface area contributed by atoms with Gasteiger partial charge in [0.1, 0.15) is 11.0 Å². The van der Waals surface area contributed by atoms with Gasteiger partial charge in [0.05, 0.1) is 0 Å². The molecule has 10 heavy (non-hydrogen) atoms. The van der Waals surface area contributed by atoms with Crippen LogP contribution in [-0.4, -0.2) is 17.8 Å². The van der Waals surface area contributed by atoms with Gasteiger partial charge in [-0.1, -0.05) is 18.2 Å². The van der Waals surface area contributed by atoms with E-state index >= 15 is 0 Å². The van der Waals surface area contributed by atoms with E-state index in [9.17, 15) is 0 Å². The lowest BCUT2D eigenvalue weighted by Crippen LogP contribution is -2.24. The van der Waals surface area contributed by atoms with E-state index in [2.05, 4.69) is 11.6 Å². The third kappa shape index (κ3) is 1.21. The predicted octanol–water partition coefficient (Wildman–Crippen LogP) is 1.94. The topological polar surface area (TPSA) is 15.6 Å². The van der Waals surface area contributed by atoms with Crippen molar-refractivity contribution in [1.82, 2.24) is 4.90 Å². The van der Waals surface area contributed by atoms with E-state index in [-0.39, 0.29) is 0 Å². The van der Waals surface area contributed by atoms with Gasteiger partial charge in [0, 0.05) is 12.7 Å². The number of hydrogen-bond donors (Lipinski definition) is 0. The molecule has 1 rings (SSSR count). The Morgan fingerprint density at radius 3 is 2.80 bits per heavy atom. The number of amidine groups is 1. The Kier molecular flexibility index (Phi) is 1.81. The van der Waals surface area contributed by atoms with Crippen LogP contribution in [0.3, 0.4) is 0 Å². The second kappa shape index (κ2) is 2.46. The highest BCUT2D eigenvalue weighted by atomic mass is 35.5. The molecule has 0 atom stereocenters. The second-order valence-corrected chi connectivity index (χ2v) is 2.56. The first-order valence-electron chi connectivity index (χ1n) is 2.96. The molecule has 1 aliphatic rings. The number of nitrogens with zero attached hydrogens (tertiary/aromatic N) is 2. The highest BCUT2D eigenvalue weighted by molar-refractivity contribution is 6.30. The average Bonchev–Trinajstić information content (AvgIpc) is 1.82. The quantitative estimate of drug-likeness (QED) is 0.490. The zero-order valence-electron chi connectivity index (χ0n) is 6.06. The molecule has 0 bridgehead atoms. The minimum absolute atomic E-state index is 0.501. The molecule has 0 unspecified atom stereocenters. The SMILES string of the molecule is C=C1C=C(Cl)N=C(C)N1C. The molecular formula is C7H9ClN2. The van der Waals surface area contributed by atoms with Crippen LogP contribution in [0.1, 0.15) is 6.92 Å². The van der Waals surface area contributed by atoms with Crippen LogP contribution in [0.15, 0.2) is 28.5 Å². The van der Waals surface area contributed by atoms with Crippen molar-refractivity contribution < 1.29 is 0 Å². The van der Waals surface area contributed by atoms with E-state index in [0.717, 1.165) is 11.5 Å². The molecule has 2 nitrogen and oxygen atoms in total. The predicted molar refractivity (Wildman–Crippen MR) is 43.9 cm³/mol. The fraction of sp³-hybridized carbons (Fsp3) is 0.286. The molecule has 0 radical (unpaired) electrons. The van der Waals surface area contributed by atoms with Gasteiger partial charge in [0.2, 0.25) is 0 Å². The average molecular weight is 157 g/mol. The van der Waals surface area contributed by atoms with Crippen molar-refractivity contribution >= 4 is 17.4 Å². The molecule has 0 saturated heterocycles. The number of aliphatic imine (C=N–C) groups is 1. The molecule has 0 N–H and O–H groups in total. The number of allylic oxidation sites excluding steroid dienone is 1. The Labute approximate surface area is 65.5 Å². The first-order valence-corrected chi connectivity index (χ1v) is 3.34. The van der Waals surface area contributed by atoms with Gasteiger partial charge in [-0.05, 0) is 13.0 Å². The van der Waals surface area contributed by atoms with Crippen molar-refractivity contribution in [3.05, 3.63) is 23.5 Å². The normalized spacial score (nSPS) is 18.7. The van der Waals surface area contributed by atoms with Crippen molar-refractivity contribution in [2.75, 3.05) is 7.05 Å². The fourth-order valence-electron chi connectivity index (χ4n) is 0.704. The van der Waals surface area contributed by atoms with E-state index < -0.39 is 0 Å². The first-order chi connectivity index (χ1) is 4.61. The molecule has 54 valence electrons. The van der Waals surface area contributed by atoms with Crippen molar-refractivity contribution in [2.24, 2.45) is 4.99 Å². The summed E-state index contributed by atoms with van der Waals surface area (Å²) >= 11 is 5.66. The minimum Gasteiger partial charge on any atom is -0.334 e. The van der Waals surface area contributed by atoms with Crippen LogP contribution < -0.4 is 0 Å². The molecule has 3 heteroatoms. The van der Waals surface area contributed by atoms with Crippen LogP contribution in [-0.2, 0) is 0 Å². The Bertz CT molecular complexity index is 228. The summed E-state index contributed by atoms with van der Waals surface area (Å²) in [5.74, 6) is 0.873. The molecule has 0 spiro atoms. The lowest BCUT2D eigenvalue weighted by Gasteiger charge is -2.21. The summed E-state index contributed by atoms with van der Waals surface area (Å²) in [6, 6.07) is 0. The van der Waals surface area contributed by atoms with Gasteiger partial charge >= 0.3 is 0 Å². The minimum atomic E-state index is 0.501. The maximum atomic E-state index is 5.66. The maximum Gasteiger partial charge on any atom is 0.133 e. The highest BCUT2D eigenvalue weighted by Gasteiger charge is 2.08. The maximum absolute atomic E-state index is 5.66. The molecule has 0 amide bonds. The summed E-state index contributed by atoms with van der Waals surface area (Å²) in [7, 11) is 1.90.